The zero-order valence-corrected chi connectivity index (χ0v) is 19.5. The number of para-hydroxylation sites is 1. The number of ether oxygens (including phenoxy) is 1. The highest BCUT2D eigenvalue weighted by atomic mass is 32.2. The first-order valence-electron chi connectivity index (χ1n) is 10.4. The van der Waals surface area contributed by atoms with Gasteiger partial charge in [0.15, 0.2) is 0 Å². The Hall–Kier alpha value is -3.03. The summed E-state index contributed by atoms with van der Waals surface area (Å²) >= 11 is 3.22. The largest absolute Gasteiger partial charge is 0.497 e. The van der Waals surface area contributed by atoms with Gasteiger partial charge in [0, 0.05) is 35.5 Å². The van der Waals surface area contributed by atoms with Crippen LogP contribution in [-0.4, -0.2) is 34.1 Å². The molecule has 0 spiro atoms. The first-order chi connectivity index (χ1) is 15.6. The van der Waals surface area contributed by atoms with Crippen LogP contribution >= 0.6 is 23.1 Å². The number of fused-ring (bicyclic) bond motifs is 1. The highest BCUT2D eigenvalue weighted by molar-refractivity contribution is 8.00. The van der Waals surface area contributed by atoms with Gasteiger partial charge in [0.05, 0.1) is 29.5 Å². The number of aryl methyl sites for hydroxylation is 1. The number of hydrogen-bond donors (Lipinski definition) is 0. The van der Waals surface area contributed by atoms with Crippen LogP contribution in [0.15, 0.2) is 82.2 Å². The quantitative estimate of drug-likeness (QED) is 0.345. The van der Waals surface area contributed by atoms with Crippen molar-refractivity contribution in [3.05, 3.63) is 82.7 Å². The number of hydrogen-bond acceptors (Lipinski definition) is 5. The molecule has 0 N–H and O–H groups in total. The molecule has 5 rings (SSSR count). The lowest BCUT2D eigenvalue weighted by Gasteiger charge is -2.22. The summed E-state index contributed by atoms with van der Waals surface area (Å²) in [6.45, 7) is 0. The van der Waals surface area contributed by atoms with Gasteiger partial charge in [0.1, 0.15) is 5.75 Å². The van der Waals surface area contributed by atoms with E-state index >= 15 is 0 Å². The predicted octanol–water partition coefficient (Wildman–Crippen LogP) is 5.72. The van der Waals surface area contributed by atoms with Crippen molar-refractivity contribution in [3.8, 4) is 5.75 Å². The molecule has 3 heterocycles. The summed E-state index contributed by atoms with van der Waals surface area (Å²) in [7, 11) is 3.69. The van der Waals surface area contributed by atoms with Gasteiger partial charge in [-0.2, -0.15) is 5.10 Å². The SMILES string of the molecule is COc1ccc([C@@H]2CC(c3cccs3)=NN2C(=O)CSc2cn(C)c3ccccc23)cc1. The Morgan fingerprint density at radius 3 is 2.72 bits per heavy atom. The third kappa shape index (κ3) is 3.94. The second-order valence-corrected chi connectivity index (χ2v) is 9.63. The fourth-order valence-corrected chi connectivity index (χ4v) is 5.74. The zero-order valence-electron chi connectivity index (χ0n) is 17.9. The maximum absolute atomic E-state index is 13.4. The molecule has 162 valence electrons. The molecule has 2 aromatic heterocycles. The number of aromatic nitrogens is 1. The van der Waals surface area contributed by atoms with E-state index in [0.29, 0.717) is 12.2 Å². The lowest BCUT2D eigenvalue weighted by Crippen LogP contribution is -2.28. The summed E-state index contributed by atoms with van der Waals surface area (Å²) in [6, 6.07) is 20.2. The third-order valence-corrected chi connectivity index (χ3v) is 7.63. The van der Waals surface area contributed by atoms with E-state index in [2.05, 4.69) is 29.0 Å². The van der Waals surface area contributed by atoms with E-state index in [1.165, 1.54) is 5.39 Å². The maximum Gasteiger partial charge on any atom is 0.253 e. The van der Waals surface area contributed by atoms with Crippen LogP contribution in [0.2, 0.25) is 0 Å². The molecule has 0 aliphatic carbocycles. The number of nitrogens with zero attached hydrogens (tertiary/aromatic N) is 3. The molecule has 0 radical (unpaired) electrons. The molecule has 2 aromatic carbocycles. The summed E-state index contributed by atoms with van der Waals surface area (Å²) in [5.41, 5.74) is 3.19. The third-order valence-electron chi connectivity index (χ3n) is 5.68. The molecule has 1 amide bonds. The van der Waals surface area contributed by atoms with Crippen molar-refractivity contribution in [2.24, 2.45) is 12.1 Å². The number of amides is 1. The van der Waals surface area contributed by atoms with Crippen molar-refractivity contribution < 1.29 is 9.53 Å². The average molecular weight is 462 g/mol. The van der Waals surface area contributed by atoms with Crippen LogP contribution in [-0.2, 0) is 11.8 Å². The average Bonchev–Trinajstić information content (AvgIpc) is 3.57. The second-order valence-electron chi connectivity index (χ2n) is 7.67. The van der Waals surface area contributed by atoms with Crippen molar-refractivity contribution >= 4 is 45.6 Å². The number of benzene rings is 2. The Labute approximate surface area is 195 Å². The molecule has 1 atom stereocenters. The highest BCUT2D eigenvalue weighted by Gasteiger charge is 2.33. The molecule has 1 aliphatic heterocycles. The predicted molar refractivity (Wildman–Crippen MR) is 132 cm³/mol. The number of thiophene rings is 1. The standard InChI is InChI=1S/C25H23N3O2S2/c1-27-15-24(19-6-3-4-7-21(19)27)32-16-25(29)28-22(17-9-11-18(30-2)12-10-17)14-20(26-28)23-8-5-13-31-23/h3-13,15,22H,14,16H2,1-2H3/t22-/m0/s1. The number of methoxy groups -OCH3 is 1. The second kappa shape index (κ2) is 8.84. The molecular formula is C25H23N3O2S2. The first-order valence-corrected chi connectivity index (χ1v) is 12.2. The van der Waals surface area contributed by atoms with Crippen LogP contribution < -0.4 is 4.74 Å². The molecule has 4 aromatic rings. The fraction of sp³-hybridized carbons (Fsp3) is 0.200. The van der Waals surface area contributed by atoms with Gasteiger partial charge >= 0.3 is 0 Å². The minimum absolute atomic E-state index is 0.00954. The molecule has 32 heavy (non-hydrogen) atoms. The monoisotopic (exact) mass is 461 g/mol. The van der Waals surface area contributed by atoms with Gasteiger partial charge in [-0.3, -0.25) is 4.79 Å². The molecular weight excluding hydrogens is 438 g/mol. The molecule has 5 nitrogen and oxygen atoms in total. The van der Waals surface area contributed by atoms with Crippen LogP contribution in [0.3, 0.4) is 0 Å². The van der Waals surface area contributed by atoms with Gasteiger partial charge in [0.2, 0.25) is 0 Å². The summed E-state index contributed by atoms with van der Waals surface area (Å²) in [5, 5.41) is 9.66. The number of rotatable bonds is 6. The number of thioether (sulfide) groups is 1. The minimum atomic E-state index is -0.112. The van der Waals surface area contributed by atoms with Crippen LogP contribution in [0.5, 0.6) is 5.75 Å². The number of hydrazone groups is 1. The molecule has 0 unspecified atom stereocenters. The van der Waals surface area contributed by atoms with Gasteiger partial charge in [-0.05, 0) is 35.2 Å². The van der Waals surface area contributed by atoms with E-state index in [1.54, 1.807) is 35.2 Å². The van der Waals surface area contributed by atoms with E-state index in [4.69, 9.17) is 9.84 Å². The first kappa shape index (κ1) is 20.8. The van der Waals surface area contributed by atoms with Crippen LogP contribution in [0.4, 0.5) is 0 Å². The highest BCUT2D eigenvalue weighted by Crippen LogP contribution is 2.36. The minimum Gasteiger partial charge on any atom is -0.497 e. The Bertz CT molecular complexity index is 1280. The lowest BCUT2D eigenvalue weighted by molar-refractivity contribution is -0.130. The normalized spacial score (nSPS) is 15.9. The molecule has 1 aliphatic rings. The van der Waals surface area contributed by atoms with Gasteiger partial charge < -0.3 is 9.30 Å². The van der Waals surface area contributed by atoms with Crippen molar-refractivity contribution in [2.45, 2.75) is 17.4 Å². The van der Waals surface area contributed by atoms with Crippen LogP contribution in [0.1, 0.15) is 22.9 Å². The maximum atomic E-state index is 13.4. The number of carbonyl (C=O) groups excluding carboxylic acids is 1. The molecule has 0 fully saturated rings. The summed E-state index contributed by atoms with van der Waals surface area (Å²) in [5.74, 6) is 1.15. The Morgan fingerprint density at radius 2 is 1.97 bits per heavy atom. The van der Waals surface area contributed by atoms with Crippen LogP contribution in [0.25, 0.3) is 10.9 Å². The molecule has 0 saturated carbocycles. The summed E-state index contributed by atoms with van der Waals surface area (Å²) in [6.07, 6.45) is 2.80. The smallest absolute Gasteiger partial charge is 0.253 e. The number of carbonyl (C=O) groups is 1. The van der Waals surface area contributed by atoms with Crippen molar-refractivity contribution in [3.63, 3.8) is 0 Å². The van der Waals surface area contributed by atoms with E-state index in [9.17, 15) is 4.79 Å². The van der Waals surface area contributed by atoms with Gasteiger partial charge in [-0.1, -0.05) is 36.4 Å². The fourth-order valence-electron chi connectivity index (χ4n) is 4.04. The van der Waals surface area contributed by atoms with E-state index in [-0.39, 0.29) is 11.9 Å². The Kier molecular flexibility index (Phi) is 5.76. The van der Waals surface area contributed by atoms with E-state index in [0.717, 1.165) is 32.3 Å². The van der Waals surface area contributed by atoms with Gasteiger partial charge in [-0.25, -0.2) is 5.01 Å². The van der Waals surface area contributed by atoms with Gasteiger partial charge in [0.25, 0.3) is 5.91 Å². The molecule has 0 bridgehead atoms. The Morgan fingerprint density at radius 1 is 1.16 bits per heavy atom. The van der Waals surface area contributed by atoms with Crippen molar-refractivity contribution in [2.75, 3.05) is 12.9 Å². The zero-order chi connectivity index (χ0) is 22.1. The van der Waals surface area contributed by atoms with Gasteiger partial charge in [-0.15, -0.1) is 23.1 Å². The Balaban J connectivity index is 1.40. The van der Waals surface area contributed by atoms with Crippen molar-refractivity contribution in [1.82, 2.24) is 9.58 Å². The van der Waals surface area contributed by atoms with Crippen molar-refractivity contribution in [1.29, 1.82) is 0 Å². The topological polar surface area (TPSA) is 46.8 Å². The summed E-state index contributed by atoms with van der Waals surface area (Å²) < 4.78 is 7.40. The molecule has 0 saturated heterocycles. The van der Waals surface area contributed by atoms with E-state index < -0.39 is 0 Å². The molecule has 7 heteroatoms. The van der Waals surface area contributed by atoms with E-state index in [1.807, 2.05) is 54.9 Å². The van der Waals surface area contributed by atoms with Crippen LogP contribution in [0, 0.1) is 0 Å². The lowest BCUT2D eigenvalue weighted by atomic mass is 10.0. The summed E-state index contributed by atoms with van der Waals surface area (Å²) in [4.78, 5) is 15.6.